The maximum atomic E-state index is 11.1. The third-order valence-corrected chi connectivity index (χ3v) is 2.57. The molecular formula is C9H8BrNO2. The molecule has 1 fully saturated rings. The van der Waals surface area contributed by atoms with Crippen molar-refractivity contribution in [2.75, 3.05) is 11.4 Å². The molecule has 0 aromatic heterocycles. The van der Waals surface area contributed by atoms with Crippen molar-refractivity contribution < 1.29 is 9.90 Å². The summed E-state index contributed by atoms with van der Waals surface area (Å²) in [4.78, 5) is 12.7. The van der Waals surface area contributed by atoms with E-state index in [1.165, 1.54) is 0 Å². The second-order valence-electron chi connectivity index (χ2n) is 2.94. The van der Waals surface area contributed by atoms with Gasteiger partial charge in [0.2, 0.25) is 0 Å². The highest BCUT2D eigenvalue weighted by Crippen LogP contribution is 2.23. The molecule has 1 aromatic rings. The molecule has 13 heavy (non-hydrogen) atoms. The van der Waals surface area contributed by atoms with Crippen LogP contribution in [-0.4, -0.2) is 23.7 Å². The summed E-state index contributed by atoms with van der Waals surface area (Å²) < 4.78 is 0.977. The average molecular weight is 242 g/mol. The largest absolute Gasteiger partial charge is 0.381 e. The smallest absolute Gasteiger partial charge is 0.257 e. The fourth-order valence-electron chi connectivity index (χ4n) is 1.26. The van der Waals surface area contributed by atoms with Crippen molar-refractivity contribution in [3.05, 3.63) is 28.7 Å². The lowest BCUT2D eigenvalue weighted by molar-refractivity contribution is -0.132. The number of hydrogen-bond acceptors (Lipinski definition) is 2. The first kappa shape index (κ1) is 8.72. The van der Waals surface area contributed by atoms with E-state index < -0.39 is 6.10 Å². The van der Waals surface area contributed by atoms with Gasteiger partial charge in [-0.05, 0) is 24.3 Å². The number of carbonyl (C=O) groups excluding carboxylic acids is 1. The monoisotopic (exact) mass is 241 g/mol. The zero-order valence-electron chi connectivity index (χ0n) is 6.77. The van der Waals surface area contributed by atoms with Gasteiger partial charge in [-0.1, -0.05) is 15.9 Å². The van der Waals surface area contributed by atoms with Gasteiger partial charge in [-0.3, -0.25) is 4.79 Å². The number of amides is 1. The Balaban J connectivity index is 2.19. The van der Waals surface area contributed by atoms with Crippen molar-refractivity contribution in [1.29, 1.82) is 0 Å². The molecule has 0 spiro atoms. The molecule has 1 unspecified atom stereocenters. The summed E-state index contributed by atoms with van der Waals surface area (Å²) in [5.41, 5.74) is 0.832. The fourth-order valence-corrected chi connectivity index (χ4v) is 1.53. The second kappa shape index (κ2) is 3.12. The molecule has 1 heterocycles. The number of halogens is 1. The molecular weight excluding hydrogens is 234 g/mol. The molecule has 68 valence electrons. The van der Waals surface area contributed by atoms with Crippen LogP contribution in [0.2, 0.25) is 0 Å². The zero-order valence-corrected chi connectivity index (χ0v) is 8.36. The number of aliphatic hydroxyl groups is 1. The van der Waals surface area contributed by atoms with Crippen molar-refractivity contribution in [2.45, 2.75) is 6.10 Å². The van der Waals surface area contributed by atoms with Crippen LogP contribution in [-0.2, 0) is 4.79 Å². The van der Waals surface area contributed by atoms with Crippen LogP contribution >= 0.6 is 15.9 Å². The van der Waals surface area contributed by atoms with Gasteiger partial charge in [0.15, 0.2) is 6.10 Å². The van der Waals surface area contributed by atoms with E-state index in [0.717, 1.165) is 10.2 Å². The van der Waals surface area contributed by atoms with Gasteiger partial charge in [-0.15, -0.1) is 0 Å². The number of nitrogens with zero attached hydrogens (tertiary/aromatic N) is 1. The molecule has 1 aliphatic heterocycles. The van der Waals surface area contributed by atoms with E-state index in [1.807, 2.05) is 24.3 Å². The molecule has 1 aromatic carbocycles. The van der Waals surface area contributed by atoms with Crippen LogP contribution in [0.15, 0.2) is 28.7 Å². The Hall–Kier alpha value is -0.870. The first-order chi connectivity index (χ1) is 6.18. The fraction of sp³-hybridized carbons (Fsp3) is 0.222. The summed E-state index contributed by atoms with van der Waals surface area (Å²) in [6.45, 7) is 0.403. The molecule has 1 N–H and O–H groups in total. The Bertz CT molecular complexity index is 336. The zero-order chi connectivity index (χ0) is 9.42. The Morgan fingerprint density at radius 2 is 2.00 bits per heavy atom. The van der Waals surface area contributed by atoms with Gasteiger partial charge in [-0.2, -0.15) is 0 Å². The Kier molecular flexibility index (Phi) is 2.09. The molecule has 0 bridgehead atoms. The van der Waals surface area contributed by atoms with E-state index in [0.29, 0.717) is 6.54 Å². The maximum Gasteiger partial charge on any atom is 0.257 e. The molecule has 1 aliphatic rings. The number of β-lactam (4-membered cyclic amide) rings is 1. The highest BCUT2D eigenvalue weighted by molar-refractivity contribution is 9.10. The van der Waals surface area contributed by atoms with E-state index in [2.05, 4.69) is 15.9 Å². The van der Waals surface area contributed by atoms with Crippen LogP contribution < -0.4 is 4.90 Å². The first-order valence-corrected chi connectivity index (χ1v) is 4.73. The van der Waals surface area contributed by atoms with Crippen LogP contribution in [0.3, 0.4) is 0 Å². The molecule has 1 atom stereocenters. The summed E-state index contributed by atoms with van der Waals surface area (Å²) in [7, 11) is 0. The van der Waals surface area contributed by atoms with E-state index in [-0.39, 0.29) is 5.91 Å². The quantitative estimate of drug-likeness (QED) is 0.750. The number of β-amino-alcohol motifs (C(OH)–C–C–N with tert-alkyl or cyclic N) is 1. The van der Waals surface area contributed by atoms with Crippen molar-refractivity contribution in [2.24, 2.45) is 0 Å². The van der Waals surface area contributed by atoms with Crippen LogP contribution in [0, 0.1) is 0 Å². The van der Waals surface area contributed by atoms with Gasteiger partial charge in [0.05, 0.1) is 6.54 Å². The van der Waals surface area contributed by atoms with Gasteiger partial charge in [0, 0.05) is 10.2 Å². The highest BCUT2D eigenvalue weighted by Gasteiger charge is 2.35. The van der Waals surface area contributed by atoms with E-state index in [9.17, 15) is 4.79 Å². The predicted octanol–water partition coefficient (Wildman–Crippen LogP) is 1.16. The van der Waals surface area contributed by atoms with Crippen molar-refractivity contribution >= 4 is 27.5 Å². The minimum atomic E-state index is -0.802. The van der Waals surface area contributed by atoms with Crippen molar-refractivity contribution in [3.63, 3.8) is 0 Å². The lowest BCUT2D eigenvalue weighted by atomic mass is 10.1. The molecule has 4 heteroatoms. The summed E-state index contributed by atoms with van der Waals surface area (Å²) in [5, 5.41) is 9.00. The third kappa shape index (κ3) is 1.47. The van der Waals surface area contributed by atoms with Gasteiger partial charge in [0.25, 0.3) is 5.91 Å². The van der Waals surface area contributed by atoms with Crippen LogP contribution in [0.4, 0.5) is 5.69 Å². The summed E-state index contributed by atoms with van der Waals surface area (Å²) >= 11 is 3.31. The van der Waals surface area contributed by atoms with Gasteiger partial charge < -0.3 is 10.0 Å². The number of rotatable bonds is 1. The van der Waals surface area contributed by atoms with Crippen molar-refractivity contribution in [3.8, 4) is 0 Å². The molecule has 3 nitrogen and oxygen atoms in total. The Morgan fingerprint density at radius 3 is 2.46 bits per heavy atom. The highest BCUT2D eigenvalue weighted by atomic mass is 79.9. The number of hydrogen-bond donors (Lipinski definition) is 1. The van der Waals surface area contributed by atoms with E-state index >= 15 is 0 Å². The van der Waals surface area contributed by atoms with Crippen LogP contribution in [0.25, 0.3) is 0 Å². The van der Waals surface area contributed by atoms with Crippen LogP contribution in [0.1, 0.15) is 0 Å². The number of benzene rings is 1. The molecule has 0 radical (unpaired) electrons. The molecule has 0 saturated carbocycles. The normalized spacial score (nSPS) is 21.5. The third-order valence-electron chi connectivity index (χ3n) is 2.04. The Labute approximate surface area is 84.1 Å². The average Bonchev–Trinajstić information content (AvgIpc) is 2.15. The molecule has 1 saturated heterocycles. The Morgan fingerprint density at radius 1 is 1.38 bits per heavy atom. The summed E-state index contributed by atoms with van der Waals surface area (Å²) in [6.07, 6.45) is -0.802. The minimum absolute atomic E-state index is 0.220. The van der Waals surface area contributed by atoms with E-state index in [4.69, 9.17) is 5.11 Å². The topological polar surface area (TPSA) is 40.5 Å². The molecule has 0 aliphatic carbocycles. The van der Waals surface area contributed by atoms with Crippen molar-refractivity contribution in [1.82, 2.24) is 0 Å². The lowest BCUT2D eigenvalue weighted by Crippen LogP contribution is -2.56. The van der Waals surface area contributed by atoms with Gasteiger partial charge in [-0.25, -0.2) is 0 Å². The maximum absolute atomic E-state index is 11.1. The first-order valence-electron chi connectivity index (χ1n) is 3.93. The van der Waals surface area contributed by atoms with Crippen LogP contribution in [0.5, 0.6) is 0 Å². The molecule has 1 amide bonds. The summed E-state index contributed by atoms with van der Waals surface area (Å²) in [6, 6.07) is 7.42. The number of anilines is 1. The van der Waals surface area contributed by atoms with Gasteiger partial charge >= 0.3 is 0 Å². The standard InChI is InChI=1S/C9H8BrNO2/c10-6-1-3-7(4-2-6)11-5-8(12)9(11)13/h1-4,8,12H,5H2. The lowest BCUT2D eigenvalue weighted by Gasteiger charge is -2.35. The SMILES string of the molecule is O=C1C(O)CN1c1ccc(Br)cc1. The minimum Gasteiger partial charge on any atom is -0.381 e. The second-order valence-corrected chi connectivity index (χ2v) is 3.86. The number of carbonyl (C=O) groups is 1. The molecule has 2 rings (SSSR count). The van der Waals surface area contributed by atoms with E-state index in [1.54, 1.807) is 4.90 Å². The predicted molar refractivity (Wildman–Crippen MR) is 52.5 cm³/mol. The van der Waals surface area contributed by atoms with Gasteiger partial charge in [0.1, 0.15) is 0 Å². The summed E-state index contributed by atoms with van der Waals surface area (Å²) in [5.74, 6) is -0.220. The number of aliphatic hydroxyl groups excluding tert-OH is 1.